The summed E-state index contributed by atoms with van der Waals surface area (Å²) >= 11 is 0. The zero-order valence-corrected chi connectivity index (χ0v) is 16.2. The number of likely N-dealkylation sites (tertiary alicyclic amines) is 2. The van der Waals surface area contributed by atoms with Crippen molar-refractivity contribution in [2.24, 2.45) is 5.41 Å². The van der Waals surface area contributed by atoms with E-state index in [4.69, 9.17) is 0 Å². The number of aromatic amines is 1. The fraction of sp³-hybridized carbons (Fsp3) is 0.250. The van der Waals surface area contributed by atoms with Crippen LogP contribution in [0.25, 0.3) is 10.9 Å². The molecule has 2 aromatic carbocycles. The van der Waals surface area contributed by atoms with E-state index in [1.807, 2.05) is 58.5 Å². The monoisotopic (exact) mass is 385 g/mol. The van der Waals surface area contributed by atoms with E-state index in [0.29, 0.717) is 31.7 Å². The Hall–Kier alpha value is -3.34. The van der Waals surface area contributed by atoms with Crippen molar-refractivity contribution in [1.29, 1.82) is 0 Å². The van der Waals surface area contributed by atoms with Crippen LogP contribution in [0.2, 0.25) is 0 Å². The molecule has 2 aliphatic rings. The average molecular weight is 385 g/mol. The predicted molar refractivity (Wildman–Crippen MR) is 113 cm³/mol. The number of nitrogens with one attached hydrogen (secondary N) is 1. The van der Waals surface area contributed by atoms with Gasteiger partial charge in [0, 0.05) is 54.8 Å². The van der Waals surface area contributed by atoms with Gasteiger partial charge in [0.25, 0.3) is 5.91 Å². The first kappa shape index (κ1) is 17.7. The summed E-state index contributed by atoms with van der Waals surface area (Å²) < 4.78 is 0. The lowest BCUT2D eigenvalue weighted by Gasteiger charge is -2.51. The van der Waals surface area contributed by atoms with E-state index in [2.05, 4.69) is 23.7 Å². The molecule has 2 saturated heterocycles. The second-order valence-corrected chi connectivity index (χ2v) is 8.19. The molecule has 0 bridgehead atoms. The summed E-state index contributed by atoms with van der Waals surface area (Å²) in [6, 6.07) is 18.1. The molecule has 1 spiro atoms. The van der Waals surface area contributed by atoms with Crippen LogP contribution in [0.15, 0.2) is 73.4 Å². The first-order valence-electron chi connectivity index (χ1n) is 9.92. The molecule has 1 atom stereocenters. The van der Waals surface area contributed by atoms with Gasteiger partial charge in [0.15, 0.2) is 0 Å². The van der Waals surface area contributed by atoms with Gasteiger partial charge >= 0.3 is 0 Å². The van der Waals surface area contributed by atoms with Gasteiger partial charge in [-0.2, -0.15) is 0 Å². The number of H-pyrrole nitrogens is 1. The fourth-order valence-electron chi connectivity index (χ4n) is 4.95. The second-order valence-electron chi connectivity index (χ2n) is 8.19. The number of benzene rings is 2. The number of aromatic nitrogens is 1. The van der Waals surface area contributed by atoms with Crippen molar-refractivity contribution in [3.63, 3.8) is 0 Å². The molecule has 29 heavy (non-hydrogen) atoms. The van der Waals surface area contributed by atoms with Crippen LogP contribution in [0.5, 0.6) is 0 Å². The van der Waals surface area contributed by atoms with E-state index >= 15 is 0 Å². The molecule has 5 nitrogen and oxygen atoms in total. The van der Waals surface area contributed by atoms with Crippen molar-refractivity contribution in [1.82, 2.24) is 14.8 Å². The molecule has 1 N–H and O–H groups in total. The Balaban J connectivity index is 1.39. The van der Waals surface area contributed by atoms with Crippen molar-refractivity contribution in [3.05, 3.63) is 84.6 Å². The Morgan fingerprint density at radius 2 is 1.79 bits per heavy atom. The van der Waals surface area contributed by atoms with E-state index in [9.17, 15) is 9.59 Å². The number of rotatable bonds is 3. The van der Waals surface area contributed by atoms with Gasteiger partial charge < -0.3 is 14.8 Å². The Morgan fingerprint density at radius 3 is 2.55 bits per heavy atom. The summed E-state index contributed by atoms with van der Waals surface area (Å²) in [7, 11) is 0. The zero-order chi connectivity index (χ0) is 20.0. The highest BCUT2D eigenvalue weighted by Gasteiger charge is 2.56. The number of amides is 2. The summed E-state index contributed by atoms with van der Waals surface area (Å²) in [4.78, 5) is 32.3. The minimum atomic E-state index is -0.0911. The lowest BCUT2D eigenvalue weighted by Crippen LogP contribution is -2.61. The third-order valence-corrected chi connectivity index (χ3v) is 6.44. The van der Waals surface area contributed by atoms with Gasteiger partial charge in [-0.1, -0.05) is 43.0 Å². The Labute approximate surface area is 169 Å². The van der Waals surface area contributed by atoms with Crippen LogP contribution in [-0.2, 0) is 4.79 Å². The van der Waals surface area contributed by atoms with Gasteiger partial charge in [0.1, 0.15) is 0 Å². The molecule has 2 aliphatic heterocycles. The van der Waals surface area contributed by atoms with Crippen LogP contribution in [0.1, 0.15) is 21.8 Å². The van der Waals surface area contributed by atoms with Gasteiger partial charge in [-0.15, -0.1) is 0 Å². The number of carbonyl (C=O) groups excluding carboxylic acids is 2. The number of fused-ring (bicyclic) bond motifs is 1. The highest BCUT2D eigenvalue weighted by molar-refractivity contribution is 5.98. The third kappa shape index (κ3) is 2.85. The Kier molecular flexibility index (Phi) is 4.05. The van der Waals surface area contributed by atoms with E-state index in [1.165, 1.54) is 11.6 Å². The summed E-state index contributed by atoms with van der Waals surface area (Å²) in [5.74, 6) is 0.236. The number of carbonyl (C=O) groups is 2. The van der Waals surface area contributed by atoms with Crippen LogP contribution in [0.4, 0.5) is 0 Å². The molecular weight excluding hydrogens is 362 g/mol. The number of hydrogen-bond donors (Lipinski definition) is 1. The van der Waals surface area contributed by atoms with Crippen molar-refractivity contribution in [2.75, 3.05) is 26.2 Å². The molecule has 1 aromatic heterocycles. The SMILES string of the molecule is C=CC(=O)N1C[C@@H](c2ccccc2)C2(C1)CN(C(=O)c1ccc3cc[nH]c3c1)C2. The van der Waals surface area contributed by atoms with Crippen LogP contribution < -0.4 is 0 Å². The Bertz CT molecular complexity index is 1100. The maximum Gasteiger partial charge on any atom is 0.253 e. The van der Waals surface area contributed by atoms with E-state index in [1.54, 1.807) is 0 Å². The van der Waals surface area contributed by atoms with Gasteiger partial charge in [-0.3, -0.25) is 9.59 Å². The molecule has 0 aliphatic carbocycles. The lowest BCUT2D eigenvalue weighted by molar-refractivity contribution is -0.125. The van der Waals surface area contributed by atoms with Gasteiger partial charge in [0.2, 0.25) is 5.91 Å². The summed E-state index contributed by atoms with van der Waals surface area (Å²) in [6.07, 6.45) is 3.26. The molecule has 2 fully saturated rings. The van der Waals surface area contributed by atoms with E-state index in [0.717, 1.165) is 10.9 Å². The fourth-order valence-corrected chi connectivity index (χ4v) is 4.95. The van der Waals surface area contributed by atoms with E-state index < -0.39 is 0 Å². The van der Waals surface area contributed by atoms with Gasteiger partial charge in [-0.05, 0) is 35.2 Å². The van der Waals surface area contributed by atoms with Crippen molar-refractivity contribution < 1.29 is 9.59 Å². The van der Waals surface area contributed by atoms with Crippen molar-refractivity contribution in [3.8, 4) is 0 Å². The second kappa shape index (κ2) is 6.62. The standard InChI is InChI=1S/C24H23N3O2/c1-2-22(28)26-13-20(17-6-4-3-5-7-17)24(14-26)15-27(16-24)23(29)19-9-8-18-10-11-25-21(18)12-19/h2-12,20,25H,1,13-16H2/t20-/m0/s1. The van der Waals surface area contributed by atoms with Crippen LogP contribution in [-0.4, -0.2) is 52.8 Å². The molecule has 5 rings (SSSR count). The highest BCUT2D eigenvalue weighted by atomic mass is 16.2. The van der Waals surface area contributed by atoms with Crippen LogP contribution >= 0.6 is 0 Å². The molecule has 146 valence electrons. The largest absolute Gasteiger partial charge is 0.361 e. The average Bonchev–Trinajstić information content (AvgIpc) is 3.36. The smallest absolute Gasteiger partial charge is 0.253 e. The predicted octanol–water partition coefficient (Wildman–Crippen LogP) is 3.42. The molecule has 3 aromatic rings. The summed E-state index contributed by atoms with van der Waals surface area (Å²) in [5, 5.41) is 1.10. The molecule has 0 radical (unpaired) electrons. The first-order valence-corrected chi connectivity index (χ1v) is 9.92. The van der Waals surface area contributed by atoms with E-state index in [-0.39, 0.29) is 23.1 Å². The molecule has 3 heterocycles. The van der Waals surface area contributed by atoms with Gasteiger partial charge in [-0.25, -0.2) is 0 Å². The molecule has 0 unspecified atom stereocenters. The first-order chi connectivity index (χ1) is 14.1. The number of hydrogen-bond acceptors (Lipinski definition) is 2. The minimum Gasteiger partial charge on any atom is -0.361 e. The number of nitrogens with zero attached hydrogens (tertiary/aromatic N) is 2. The quantitative estimate of drug-likeness (QED) is 0.703. The summed E-state index contributed by atoms with van der Waals surface area (Å²) in [6.45, 7) is 6.30. The van der Waals surface area contributed by atoms with Crippen molar-refractivity contribution >= 4 is 22.7 Å². The molecule has 5 heteroatoms. The molecule has 2 amide bonds. The Morgan fingerprint density at radius 1 is 1.03 bits per heavy atom. The third-order valence-electron chi connectivity index (χ3n) is 6.44. The minimum absolute atomic E-state index is 0.0372. The molecular formula is C24H23N3O2. The maximum absolute atomic E-state index is 13.1. The van der Waals surface area contributed by atoms with Gasteiger partial charge in [0.05, 0.1) is 0 Å². The zero-order valence-electron chi connectivity index (χ0n) is 16.2. The summed E-state index contributed by atoms with van der Waals surface area (Å²) in [5.41, 5.74) is 2.80. The van der Waals surface area contributed by atoms with Crippen molar-refractivity contribution in [2.45, 2.75) is 5.92 Å². The lowest BCUT2D eigenvalue weighted by atomic mass is 9.69. The normalized spacial score (nSPS) is 20.1. The maximum atomic E-state index is 13.1. The van der Waals surface area contributed by atoms with Crippen LogP contribution in [0.3, 0.4) is 0 Å². The molecule has 0 saturated carbocycles. The highest BCUT2D eigenvalue weighted by Crippen LogP contribution is 2.49. The van der Waals surface area contributed by atoms with Crippen LogP contribution in [0, 0.1) is 5.41 Å². The topological polar surface area (TPSA) is 56.4 Å².